The molecule has 1 aromatic carbocycles. The van der Waals surface area contributed by atoms with Crippen molar-refractivity contribution in [2.45, 2.75) is 25.0 Å². The van der Waals surface area contributed by atoms with Gasteiger partial charge in [0, 0.05) is 13.1 Å². The summed E-state index contributed by atoms with van der Waals surface area (Å²) in [7, 11) is 0. The third-order valence-corrected chi connectivity index (χ3v) is 4.54. The molecule has 1 saturated heterocycles. The smallest absolute Gasteiger partial charge is 0.414 e. The minimum absolute atomic E-state index is 0.227. The third-order valence-electron chi connectivity index (χ3n) is 4.54. The summed E-state index contributed by atoms with van der Waals surface area (Å²) in [6.07, 6.45) is 3.66. The van der Waals surface area contributed by atoms with E-state index in [2.05, 4.69) is 10.2 Å². The molecule has 30 heavy (non-hydrogen) atoms. The first-order valence-electron chi connectivity index (χ1n) is 9.77. The summed E-state index contributed by atoms with van der Waals surface area (Å²) in [5.41, 5.74) is 0. The lowest BCUT2D eigenvalue weighted by Gasteiger charge is -2.26. The zero-order chi connectivity index (χ0) is 21.8. The van der Waals surface area contributed by atoms with Crippen LogP contribution in [0.3, 0.4) is 0 Å². The lowest BCUT2D eigenvalue weighted by molar-refractivity contribution is -0.159. The number of aliphatic hydroxyl groups excluding tert-OH is 1. The number of carbonyl (C=O) groups is 2. The number of nitrogens with zero attached hydrogens (tertiary/aromatic N) is 1. The SMILES string of the molecule is O=C(O)C(=O)O.OC(CNCC(c1ccco1)N1CCCC1)COc1ccccc1. The second-order valence-corrected chi connectivity index (χ2v) is 6.82. The van der Waals surface area contributed by atoms with Crippen molar-refractivity contribution in [2.24, 2.45) is 0 Å². The van der Waals surface area contributed by atoms with Crippen molar-refractivity contribution in [3.05, 3.63) is 54.5 Å². The number of carboxylic acid groups (broad SMARTS) is 2. The van der Waals surface area contributed by atoms with Crippen LogP contribution < -0.4 is 10.1 Å². The van der Waals surface area contributed by atoms with Crippen LogP contribution in [0, 0.1) is 0 Å². The van der Waals surface area contributed by atoms with E-state index in [1.807, 2.05) is 42.5 Å². The molecule has 4 N–H and O–H groups in total. The molecule has 2 heterocycles. The molecule has 164 valence electrons. The average molecular weight is 420 g/mol. The Bertz CT molecular complexity index is 734. The molecule has 0 amide bonds. The van der Waals surface area contributed by atoms with E-state index < -0.39 is 18.0 Å². The molecule has 1 aliphatic heterocycles. The lowest BCUT2D eigenvalue weighted by Crippen LogP contribution is -2.38. The molecule has 2 aromatic rings. The summed E-state index contributed by atoms with van der Waals surface area (Å²) in [6.45, 7) is 3.75. The second-order valence-electron chi connectivity index (χ2n) is 6.82. The number of likely N-dealkylation sites (tertiary alicyclic amines) is 1. The Morgan fingerprint density at radius 1 is 1.03 bits per heavy atom. The topological polar surface area (TPSA) is 132 Å². The minimum Gasteiger partial charge on any atom is -0.491 e. The molecule has 2 unspecified atom stereocenters. The highest BCUT2D eigenvalue weighted by Gasteiger charge is 2.25. The third kappa shape index (κ3) is 8.24. The Balaban J connectivity index is 0.000000469. The van der Waals surface area contributed by atoms with Crippen molar-refractivity contribution < 1.29 is 34.1 Å². The first-order valence-corrected chi connectivity index (χ1v) is 9.77. The van der Waals surface area contributed by atoms with Gasteiger partial charge in [-0.3, -0.25) is 4.90 Å². The fourth-order valence-corrected chi connectivity index (χ4v) is 3.10. The Hall–Kier alpha value is -2.88. The van der Waals surface area contributed by atoms with Crippen molar-refractivity contribution in [2.75, 3.05) is 32.8 Å². The zero-order valence-corrected chi connectivity index (χ0v) is 16.6. The van der Waals surface area contributed by atoms with Crippen LogP contribution >= 0.6 is 0 Å². The van der Waals surface area contributed by atoms with Gasteiger partial charge in [0.05, 0.1) is 12.3 Å². The largest absolute Gasteiger partial charge is 0.491 e. The first-order chi connectivity index (χ1) is 14.5. The molecule has 0 spiro atoms. The Morgan fingerprint density at radius 2 is 1.70 bits per heavy atom. The van der Waals surface area contributed by atoms with Gasteiger partial charge in [0.1, 0.15) is 24.2 Å². The van der Waals surface area contributed by atoms with Crippen LogP contribution in [0.5, 0.6) is 5.75 Å². The van der Waals surface area contributed by atoms with Crippen molar-refractivity contribution in [3.63, 3.8) is 0 Å². The molecule has 1 aromatic heterocycles. The van der Waals surface area contributed by atoms with Crippen molar-refractivity contribution >= 4 is 11.9 Å². The molecular formula is C21H28N2O7. The predicted octanol–water partition coefficient (Wildman–Crippen LogP) is 1.60. The van der Waals surface area contributed by atoms with Gasteiger partial charge in [0.25, 0.3) is 0 Å². The molecule has 9 nitrogen and oxygen atoms in total. The molecule has 0 saturated carbocycles. The van der Waals surface area contributed by atoms with Gasteiger partial charge < -0.3 is 29.8 Å². The highest BCUT2D eigenvalue weighted by atomic mass is 16.5. The zero-order valence-electron chi connectivity index (χ0n) is 16.6. The summed E-state index contributed by atoms with van der Waals surface area (Å²) < 4.78 is 11.2. The summed E-state index contributed by atoms with van der Waals surface area (Å²) >= 11 is 0. The number of carboxylic acids is 2. The minimum atomic E-state index is -1.82. The monoisotopic (exact) mass is 420 g/mol. The number of hydrogen-bond acceptors (Lipinski definition) is 7. The summed E-state index contributed by atoms with van der Waals surface area (Å²) in [4.78, 5) is 20.6. The van der Waals surface area contributed by atoms with Gasteiger partial charge in [-0.2, -0.15) is 0 Å². The van der Waals surface area contributed by atoms with E-state index in [9.17, 15) is 5.11 Å². The van der Waals surface area contributed by atoms with Gasteiger partial charge in [-0.25, -0.2) is 9.59 Å². The lowest BCUT2D eigenvalue weighted by atomic mass is 10.2. The number of aliphatic carboxylic acids is 2. The van der Waals surface area contributed by atoms with E-state index in [0.717, 1.165) is 31.1 Å². The predicted molar refractivity (Wildman–Crippen MR) is 108 cm³/mol. The maximum atomic E-state index is 10.1. The molecule has 2 atom stereocenters. The van der Waals surface area contributed by atoms with Gasteiger partial charge in [-0.05, 0) is 50.2 Å². The van der Waals surface area contributed by atoms with Crippen LogP contribution in [0.15, 0.2) is 53.1 Å². The maximum absolute atomic E-state index is 10.1. The number of ether oxygens (including phenoxy) is 1. The average Bonchev–Trinajstić information content (AvgIpc) is 3.45. The molecule has 1 aliphatic rings. The van der Waals surface area contributed by atoms with E-state index in [1.54, 1.807) is 6.26 Å². The van der Waals surface area contributed by atoms with Gasteiger partial charge in [-0.1, -0.05) is 18.2 Å². The van der Waals surface area contributed by atoms with Crippen molar-refractivity contribution in [1.82, 2.24) is 10.2 Å². The number of rotatable bonds is 9. The number of aliphatic hydroxyl groups is 1. The van der Waals surface area contributed by atoms with Crippen LogP contribution in [0.4, 0.5) is 0 Å². The summed E-state index contributed by atoms with van der Waals surface area (Å²) in [5.74, 6) is -1.88. The number of para-hydroxylation sites is 1. The number of nitrogens with one attached hydrogen (secondary N) is 1. The fraction of sp³-hybridized carbons (Fsp3) is 0.429. The van der Waals surface area contributed by atoms with Crippen LogP contribution in [0.1, 0.15) is 24.6 Å². The van der Waals surface area contributed by atoms with Crippen LogP contribution in [0.25, 0.3) is 0 Å². The van der Waals surface area contributed by atoms with Crippen LogP contribution in [-0.2, 0) is 9.59 Å². The van der Waals surface area contributed by atoms with E-state index in [4.69, 9.17) is 29.0 Å². The summed E-state index contributed by atoms with van der Waals surface area (Å²) in [5, 5.41) is 28.2. The van der Waals surface area contributed by atoms with Gasteiger partial charge >= 0.3 is 11.9 Å². The maximum Gasteiger partial charge on any atom is 0.414 e. The number of hydrogen-bond donors (Lipinski definition) is 4. The van der Waals surface area contributed by atoms with Crippen molar-refractivity contribution in [1.29, 1.82) is 0 Å². The molecule has 1 fully saturated rings. The highest BCUT2D eigenvalue weighted by Crippen LogP contribution is 2.24. The molecule has 9 heteroatoms. The van der Waals surface area contributed by atoms with Crippen LogP contribution in [-0.4, -0.2) is 71.0 Å². The normalized spacial score (nSPS) is 15.6. The Morgan fingerprint density at radius 3 is 2.27 bits per heavy atom. The fourth-order valence-electron chi connectivity index (χ4n) is 3.10. The number of furan rings is 1. The Labute approximate surface area is 174 Å². The van der Waals surface area contributed by atoms with Crippen molar-refractivity contribution in [3.8, 4) is 5.75 Å². The molecule has 0 aliphatic carbocycles. The van der Waals surface area contributed by atoms with E-state index >= 15 is 0 Å². The molecule has 0 radical (unpaired) electrons. The van der Waals surface area contributed by atoms with Gasteiger partial charge in [0.2, 0.25) is 0 Å². The van der Waals surface area contributed by atoms with E-state index in [-0.39, 0.29) is 12.6 Å². The summed E-state index contributed by atoms with van der Waals surface area (Å²) in [6, 6.07) is 13.7. The molecule has 0 bridgehead atoms. The van der Waals surface area contributed by atoms with E-state index in [1.165, 1.54) is 12.8 Å². The van der Waals surface area contributed by atoms with Gasteiger partial charge in [-0.15, -0.1) is 0 Å². The molecule has 3 rings (SSSR count). The van der Waals surface area contributed by atoms with Crippen LogP contribution in [0.2, 0.25) is 0 Å². The molecular weight excluding hydrogens is 392 g/mol. The first kappa shape index (κ1) is 23.4. The standard InChI is InChI=1S/C19H26N2O3.C2H2O4/c22-16(15-24-17-7-2-1-3-8-17)13-20-14-18(19-9-6-12-23-19)21-10-4-5-11-21;3-1(4)2(5)6/h1-3,6-9,12,16,18,20,22H,4-5,10-11,13-15H2;(H,3,4)(H,5,6). The Kier molecular flexibility index (Phi) is 9.85. The second kappa shape index (κ2) is 12.6. The van der Waals surface area contributed by atoms with E-state index in [0.29, 0.717) is 6.54 Å². The van der Waals surface area contributed by atoms with Gasteiger partial charge in [0.15, 0.2) is 0 Å². The highest BCUT2D eigenvalue weighted by molar-refractivity contribution is 6.27. The number of benzene rings is 1. The quantitative estimate of drug-likeness (QED) is 0.447.